The quantitative estimate of drug-likeness (QED) is 0.879. The molecule has 3 N–H and O–H groups in total. The Bertz CT molecular complexity index is 672. The Kier molecular flexibility index (Phi) is 3.55. The zero-order chi connectivity index (χ0) is 14.0. The monoisotopic (exact) mass is 259 g/mol. The fourth-order valence-electron chi connectivity index (χ4n) is 2.16. The van der Waals surface area contributed by atoms with Crippen molar-refractivity contribution in [3.8, 4) is 0 Å². The molecule has 1 heterocycles. The van der Waals surface area contributed by atoms with Gasteiger partial charge >= 0.3 is 0 Å². The topological polar surface area (TPSA) is 83.3 Å². The highest BCUT2D eigenvalue weighted by atomic mass is 16.3. The molecule has 0 fully saturated rings. The van der Waals surface area contributed by atoms with Crippen molar-refractivity contribution in [1.29, 1.82) is 5.41 Å². The van der Waals surface area contributed by atoms with Gasteiger partial charge in [-0.25, -0.2) is 0 Å². The molecule has 5 heteroatoms. The van der Waals surface area contributed by atoms with Crippen LogP contribution in [0.5, 0.6) is 0 Å². The Hall–Kier alpha value is -2.30. The molecule has 0 aliphatic carbocycles. The molecule has 0 atom stereocenters. The maximum Gasteiger partial charge on any atom is 0.254 e. The first-order valence-corrected chi connectivity index (χ1v) is 6.24. The zero-order valence-corrected chi connectivity index (χ0v) is 11.1. The Morgan fingerprint density at radius 2 is 2.05 bits per heavy atom. The largest absolute Gasteiger partial charge is 0.438 e. The molecule has 0 aliphatic rings. The van der Waals surface area contributed by atoms with Crippen LogP contribution in [0.25, 0.3) is 11.0 Å². The first-order valence-electron chi connectivity index (χ1n) is 6.24. The van der Waals surface area contributed by atoms with Gasteiger partial charge in [-0.2, -0.15) is 0 Å². The van der Waals surface area contributed by atoms with E-state index in [9.17, 15) is 4.79 Å². The molecule has 0 bridgehead atoms. The van der Waals surface area contributed by atoms with Crippen molar-refractivity contribution in [3.63, 3.8) is 0 Å². The molecule has 0 saturated carbocycles. The van der Waals surface area contributed by atoms with Gasteiger partial charge in [0.2, 0.25) is 5.55 Å². The molecule has 100 valence electrons. The maximum absolute atomic E-state index is 11.3. The second kappa shape index (κ2) is 5.14. The van der Waals surface area contributed by atoms with E-state index in [0.717, 1.165) is 24.2 Å². The third-order valence-electron chi connectivity index (χ3n) is 3.16. The average molecular weight is 259 g/mol. The summed E-state index contributed by atoms with van der Waals surface area (Å²) in [6.07, 6.45) is 0. The predicted octanol–water partition coefficient (Wildman–Crippen LogP) is 1.86. The first-order chi connectivity index (χ1) is 9.08. The Morgan fingerprint density at radius 1 is 1.37 bits per heavy atom. The van der Waals surface area contributed by atoms with E-state index in [0.29, 0.717) is 5.58 Å². The standard InChI is InChI=1S/C14H17N3O2/c1-3-17(4-2)11-6-5-7-12-9(11)8-10(13(15)18)14(16)19-12/h5-8,16H,3-4H2,1-2H3,(H2,15,18). The molecular formula is C14H17N3O2. The second-order valence-electron chi connectivity index (χ2n) is 4.21. The fraction of sp³-hybridized carbons (Fsp3) is 0.286. The van der Waals surface area contributed by atoms with E-state index in [-0.39, 0.29) is 11.1 Å². The number of rotatable bonds is 4. The normalized spacial score (nSPS) is 10.6. The Balaban J connectivity index is 2.76. The first kappa shape index (κ1) is 13.1. The lowest BCUT2D eigenvalue weighted by Gasteiger charge is -2.22. The van der Waals surface area contributed by atoms with Crippen molar-refractivity contribution in [2.24, 2.45) is 5.73 Å². The molecule has 2 rings (SSSR count). The second-order valence-corrected chi connectivity index (χ2v) is 4.21. The number of primary amides is 1. The van der Waals surface area contributed by atoms with Gasteiger partial charge in [0.1, 0.15) is 11.1 Å². The summed E-state index contributed by atoms with van der Waals surface area (Å²) in [6, 6.07) is 7.27. The molecule has 1 aromatic heterocycles. The van der Waals surface area contributed by atoms with Crippen molar-refractivity contribution < 1.29 is 9.21 Å². The molecule has 2 aromatic rings. The van der Waals surface area contributed by atoms with E-state index in [2.05, 4.69) is 18.7 Å². The summed E-state index contributed by atoms with van der Waals surface area (Å²) in [5.41, 5.74) is 6.73. The molecule has 0 unspecified atom stereocenters. The summed E-state index contributed by atoms with van der Waals surface area (Å²) >= 11 is 0. The zero-order valence-electron chi connectivity index (χ0n) is 11.1. The predicted molar refractivity (Wildman–Crippen MR) is 74.1 cm³/mol. The molecule has 0 radical (unpaired) electrons. The van der Waals surface area contributed by atoms with Gasteiger partial charge in [0.05, 0.1) is 0 Å². The van der Waals surface area contributed by atoms with Gasteiger partial charge in [0, 0.05) is 24.2 Å². The van der Waals surface area contributed by atoms with Crippen LogP contribution in [-0.2, 0) is 0 Å². The molecule has 0 spiro atoms. The van der Waals surface area contributed by atoms with Crippen molar-refractivity contribution in [3.05, 3.63) is 35.4 Å². The van der Waals surface area contributed by atoms with Crippen LogP contribution in [0.1, 0.15) is 24.2 Å². The summed E-state index contributed by atoms with van der Waals surface area (Å²) in [5.74, 6) is -0.648. The van der Waals surface area contributed by atoms with Crippen molar-refractivity contribution >= 4 is 22.6 Å². The average Bonchev–Trinajstić information content (AvgIpc) is 2.39. The van der Waals surface area contributed by atoms with E-state index in [1.807, 2.05) is 12.1 Å². The Morgan fingerprint density at radius 3 is 2.63 bits per heavy atom. The van der Waals surface area contributed by atoms with Gasteiger partial charge < -0.3 is 15.1 Å². The molecule has 5 nitrogen and oxygen atoms in total. The number of hydrogen-bond acceptors (Lipinski definition) is 4. The van der Waals surface area contributed by atoms with Crippen molar-refractivity contribution in [2.75, 3.05) is 18.0 Å². The van der Waals surface area contributed by atoms with E-state index in [1.54, 1.807) is 12.1 Å². The maximum atomic E-state index is 11.3. The molecule has 0 saturated heterocycles. The summed E-state index contributed by atoms with van der Waals surface area (Å²) in [7, 11) is 0. The summed E-state index contributed by atoms with van der Waals surface area (Å²) in [5, 5.41) is 8.47. The van der Waals surface area contributed by atoms with Crippen LogP contribution in [-0.4, -0.2) is 19.0 Å². The molecular weight excluding hydrogens is 242 g/mol. The number of carbonyl (C=O) groups excluding carboxylic acids is 1. The van der Waals surface area contributed by atoms with Gasteiger partial charge in [-0.3, -0.25) is 10.2 Å². The van der Waals surface area contributed by atoms with E-state index < -0.39 is 5.91 Å². The summed E-state index contributed by atoms with van der Waals surface area (Å²) in [6.45, 7) is 5.83. The van der Waals surface area contributed by atoms with Crippen LogP contribution in [0, 0.1) is 5.41 Å². The smallest absolute Gasteiger partial charge is 0.254 e. The van der Waals surface area contributed by atoms with E-state index in [4.69, 9.17) is 15.6 Å². The van der Waals surface area contributed by atoms with Crippen LogP contribution >= 0.6 is 0 Å². The number of anilines is 1. The van der Waals surface area contributed by atoms with Crippen LogP contribution in [0.15, 0.2) is 28.7 Å². The fourth-order valence-corrected chi connectivity index (χ4v) is 2.16. The lowest BCUT2D eigenvalue weighted by atomic mass is 10.1. The van der Waals surface area contributed by atoms with Crippen LogP contribution < -0.4 is 16.2 Å². The minimum Gasteiger partial charge on any atom is -0.438 e. The lowest BCUT2D eigenvalue weighted by Crippen LogP contribution is -2.23. The minimum absolute atomic E-state index is 0.104. The van der Waals surface area contributed by atoms with Crippen LogP contribution in [0.3, 0.4) is 0 Å². The number of carbonyl (C=O) groups is 1. The molecule has 1 amide bonds. The number of amides is 1. The minimum atomic E-state index is -0.648. The van der Waals surface area contributed by atoms with Gasteiger partial charge in [-0.05, 0) is 32.0 Å². The number of nitrogens with zero attached hydrogens (tertiary/aromatic N) is 1. The highest BCUT2D eigenvalue weighted by Gasteiger charge is 2.12. The Labute approximate surface area is 111 Å². The number of hydrogen-bond donors (Lipinski definition) is 2. The third kappa shape index (κ3) is 2.31. The van der Waals surface area contributed by atoms with Gasteiger partial charge in [-0.15, -0.1) is 0 Å². The van der Waals surface area contributed by atoms with Crippen LogP contribution in [0.2, 0.25) is 0 Å². The highest BCUT2D eigenvalue weighted by molar-refractivity contribution is 5.98. The summed E-state index contributed by atoms with van der Waals surface area (Å²) < 4.78 is 5.37. The van der Waals surface area contributed by atoms with Gasteiger partial charge in [0.25, 0.3) is 5.91 Å². The van der Waals surface area contributed by atoms with Crippen molar-refractivity contribution in [2.45, 2.75) is 13.8 Å². The third-order valence-corrected chi connectivity index (χ3v) is 3.16. The van der Waals surface area contributed by atoms with Crippen LogP contribution in [0.4, 0.5) is 5.69 Å². The highest BCUT2D eigenvalue weighted by Crippen LogP contribution is 2.26. The number of nitrogens with two attached hydrogens (primary N) is 1. The van der Waals surface area contributed by atoms with E-state index in [1.165, 1.54) is 0 Å². The SMILES string of the molecule is CCN(CC)c1cccc2oc(=N)c(C(N)=O)cc12. The summed E-state index contributed by atoms with van der Waals surface area (Å²) in [4.78, 5) is 13.5. The van der Waals surface area contributed by atoms with Crippen molar-refractivity contribution in [1.82, 2.24) is 0 Å². The molecule has 19 heavy (non-hydrogen) atoms. The van der Waals surface area contributed by atoms with Gasteiger partial charge in [0.15, 0.2) is 0 Å². The molecule has 1 aromatic carbocycles. The number of benzene rings is 1. The number of fused-ring (bicyclic) bond motifs is 1. The van der Waals surface area contributed by atoms with E-state index >= 15 is 0 Å². The molecule has 0 aliphatic heterocycles. The lowest BCUT2D eigenvalue weighted by molar-refractivity contribution is 0.0996. The van der Waals surface area contributed by atoms with Gasteiger partial charge in [-0.1, -0.05) is 6.07 Å². The number of nitrogens with one attached hydrogen (secondary N) is 1.